The summed E-state index contributed by atoms with van der Waals surface area (Å²) in [6.07, 6.45) is 0. The Morgan fingerprint density at radius 2 is 1.56 bits per heavy atom. The van der Waals surface area contributed by atoms with Crippen LogP contribution in [0, 0.1) is 13.8 Å². The third-order valence-electron chi connectivity index (χ3n) is 1.72. The topological polar surface area (TPSA) is 29.1 Å². The fraction of sp³-hybridized carbons (Fsp3) is 0.538. The predicted octanol–water partition coefficient (Wildman–Crippen LogP) is 3.60. The number of nitrogens with one attached hydrogen (secondary N) is 1. The molecule has 1 N–H and O–H groups in total. The minimum absolute atomic E-state index is 0.864. The van der Waals surface area contributed by atoms with E-state index in [-0.39, 0.29) is 0 Å². The summed E-state index contributed by atoms with van der Waals surface area (Å²) in [7, 11) is 0.630. The normalized spacial score (nSPS) is 10.4. The van der Waals surface area contributed by atoms with E-state index < -0.39 is 11.0 Å². The summed E-state index contributed by atoms with van der Waals surface area (Å²) in [5.41, 5.74) is 2.27. The molecule has 0 heterocycles. The van der Waals surface area contributed by atoms with Crippen LogP contribution in [-0.2, 0) is 11.0 Å². The number of aryl methyl sites for hydroxylation is 2. The van der Waals surface area contributed by atoms with E-state index in [9.17, 15) is 4.21 Å². The van der Waals surface area contributed by atoms with E-state index in [0.29, 0.717) is 0 Å². The highest BCUT2D eigenvalue weighted by atomic mass is 32.2. The molecule has 0 amide bonds. The Morgan fingerprint density at radius 3 is 1.94 bits per heavy atom. The lowest BCUT2D eigenvalue weighted by Crippen LogP contribution is -2.11. The van der Waals surface area contributed by atoms with E-state index in [2.05, 4.69) is 4.72 Å². The first-order chi connectivity index (χ1) is 7.65. The Kier molecular flexibility index (Phi) is 12.0. The lowest BCUT2D eigenvalue weighted by atomic mass is 10.2. The molecule has 0 aliphatic rings. The Morgan fingerprint density at radius 1 is 1.06 bits per heavy atom. The van der Waals surface area contributed by atoms with Crippen molar-refractivity contribution >= 4 is 11.0 Å². The molecule has 0 aliphatic carbocycles. The minimum Gasteiger partial charge on any atom is -0.238 e. The van der Waals surface area contributed by atoms with Crippen LogP contribution in [0.4, 0.5) is 0 Å². The molecule has 94 valence electrons. The van der Waals surface area contributed by atoms with E-state index in [1.54, 1.807) is 7.05 Å². The van der Waals surface area contributed by atoms with Gasteiger partial charge < -0.3 is 0 Å². The van der Waals surface area contributed by atoms with Crippen LogP contribution in [0.1, 0.15) is 38.8 Å². The molecule has 0 radical (unpaired) electrons. The number of rotatable bonds is 2. The number of hydrogen-bond acceptors (Lipinski definition) is 1. The van der Waals surface area contributed by atoms with Crippen molar-refractivity contribution in [2.75, 3.05) is 7.05 Å². The van der Waals surface area contributed by atoms with E-state index >= 15 is 0 Å². The molecule has 0 saturated heterocycles. The minimum atomic E-state index is -1.06. The van der Waals surface area contributed by atoms with Crippen LogP contribution in [0.2, 0.25) is 0 Å². The zero-order chi connectivity index (χ0) is 13.1. The van der Waals surface area contributed by atoms with Gasteiger partial charge in [-0.3, -0.25) is 0 Å². The zero-order valence-corrected chi connectivity index (χ0v) is 12.4. The Bertz CT molecular complexity index is 311. The molecule has 0 aromatic heterocycles. The Balaban J connectivity index is 0. The fourth-order valence-electron chi connectivity index (χ4n) is 1.12. The van der Waals surface area contributed by atoms with E-state index in [0.717, 1.165) is 10.5 Å². The van der Waals surface area contributed by atoms with Gasteiger partial charge in [0, 0.05) is 0 Å². The highest BCUT2D eigenvalue weighted by Crippen LogP contribution is 2.12. The predicted molar refractivity (Wildman–Crippen MR) is 74.1 cm³/mol. The van der Waals surface area contributed by atoms with Crippen LogP contribution in [0.15, 0.2) is 23.1 Å². The van der Waals surface area contributed by atoms with Gasteiger partial charge in [0.05, 0.1) is 4.90 Å². The molecule has 0 fully saturated rings. The first-order valence-corrected chi connectivity index (χ1v) is 6.96. The Hall–Kier alpha value is -0.670. The maximum atomic E-state index is 11.3. The third kappa shape index (κ3) is 6.03. The van der Waals surface area contributed by atoms with Gasteiger partial charge in [-0.15, -0.1) is 0 Å². The van der Waals surface area contributed by atoms with Crippen molar-refractivity contribution in [3.8, 4) is 0 Å². The zero-order valence-electron chi connectivity index (χ0n) is 11.5. The molecular formula is C13H25NOS. The van der Waals surface area contributed by atoms with Crippen molar-refractivity contribution in [3.63, 3.8) is 0 Å². The molecule has 1 aromatic carbocycles. The van der Waals surface area contributed by atoms with Gasteiger partial charge in [-0.1, -0.05) is 45.4 Å². The van der Waals surface area contributed by atoms with E-state index in [4.69, 9.17) is 0 Å². The Labute approximate surface area is 103 Å². The summed E-state index contributed by atoms with van der Waals surface area (Å²) >= 11 is 0. The van der Waals surface area contributed by atoms with E-state index in [1.165, 1.54) is 5.56 Å². The van der Waals surface area contributed by atoms with Crippen molar-refractivity contribution in [1.29, 1.82) is 0 Å². The van der Waals surface area contributed by atoms with Gasteiger partial charge in [-0.2, -0.15) is 0 Å². The molecule has 0 aliphatic heterocycles. The molecule has 3 heteroatoms. The highest BCUT2D eigenvalue weighted by molar-refractivity contribution is 7.83. The number of hydrogen-bond donors (Lipinski definition) is 1. The molecule has 1 rings (SSSR count). The second-order valence-electron chi connectivity index (χ2n) is 2.74. The second kappa shape index (κ2) is 10.8. The van der Waals surface area contributed by atoms with Crippen LogP contribution in [0.5, 0.6) is 0 Å². The smallest absolute Gasteiger partial charge is 0.124 e. The van der Waals surface area contributed by atoms with E-state index in [1.807, 2.05) is 59.7 Å². The SMILES string of the molecule is CC.CC.CNS(=O)c1ccc(C)cc1C. The third-order valence-corrected chi connectivity index (χ3v) is 2.94. The second-order valence-corrected chi connectivity index (χ2v) is 4.13. The van der Waals surface area contributed by atoms with Crippen molar-refractivity contribution < 1.29 is 4.21 Å². The monoisotopic (exact) mass is 243 g/mol. The molecule has 0 spiro atoms. The summed E-state index contributed by atoms with van der Waals surface area (Å²) < 4.78 is 14.1. The molecular weight excluding hydrogens is 218 g/mol. The summed E-state index contributed by atoms with van der Waals surface area (Å²) in [5.74, 6) is 0. The highest BCUT2D eigenvalue weighted by Gasteiger charge is 2.03. The molecule has 0 saturated carbocycles. The maximum Gasteiger partial charge on any atom is 0.124 e. The van der Waals surface area contributed by atoms with Crippen LogP contribution in [-0.4, -0.2) is 11.3 Å². The first kappa shape index (κ1) is 17.7. The summed E-state index contributed by atoms with van der Waals surface area (Å²) in [6, 6.07) is 5.90. The summed E-state index contributed by atoms with van der Waals surface area (Å²) in [4.78, 5) is 0.864. The van der Waals surface area contributed by atoms with Gasteiger partial charge in [0.1, 0.15) is 11.0 Å². The number of benzene rings is 1. The molecule has 1 unspecified atom stereocenters. The maximum absolute atomic E-state index is 11.3. The fourth-order valence-corrected chi connectivity index (χ4v) is 1.88. The van der Waals surface area contributed by atoms with Crippen LogP contribution < -0.4 is 4.72 Å². The van der Waals surface area contributed by atoms with Gasteiger partial charge >= 0.3 is 0 Å². The molecule has 0 bridgehead atoms. The molecule has 1 aromatic rings. The van der Waals surface area contributed by atoms with Crippen molar-refractivity contribution in [3.05, 3.63) is 29.3 Å². The quantitative estimate of drug-likeness (QED) is 0.845. The molecule has 1 atom stereocenters. The lowest BCUT2D eigenvalue weighted by molar-refractivity contribution is 0.677. The van der Waals surface area contributed by atoms with Crippen molar-refractivity contribution in [1.82, 2.24) is 4.72 Å². The first-order valence-electron chi connectivity index (χ1n) is 5.81. The standard InChI is InChI=1S/C9H13NOS.2C2H6/c1-7-4-5-9(8(2)6-7)12(11)10-3;2*1-2/h4-6,10H,1-3H3;2*1-2H3. The molecule has 2 nitrogen and oxygen atoms in total. The summed E-state index contributed by atoms with van der Waals surface area (Å²) in [5, 5.41) is 0. The van der Waals surface area contributed by atoms with Crippen LogP contribution in [0.25, 0.3) is 0 Å². The van der Waals surface area contributed by atoms with Gasteiger partial charge in [0.2, 0.25) is 0 Å². The lowest BCUT2D eigenvalue weighted by Gasteiger charge is -2.04. The van der Waals surface area contributed by atoms with Gasteiger partial charge in [0.15, 0.2) is 0 Å². The largest absolute Gasteiger partial charge is 0.238 e. The van der Waals surface area contributed by atoms with Crippen molar-refractivity contribution in [2.24, 2.45) is 0 Å². The van der Waals surface area contributed by atoms with Gasteiger partial charge in [-0.25, -0.2) is 8.93 Å². The van der Waals surface area contributed by atoms with Crippen molar-refractivity contribution in [2.45, 2.75) is 46.4 Å². The average Bonchev–Trinajstić information content (AvgIpc) is 2.33. The summed E-state index contributed by atoms with van der Waals surface area (Å²) in [6.45, 7) is 12.0. The van der Waals surface area contributed by atoms with Gasteiger partial charge in [0.25, 0.3) is 0 Å². The van der Waals surface area contributed by atoms with Gasteiger partial charge in [-0.05, 0) is 32.5 Å². The van der Waals surface area contributed by atoms with Crippen LogP contribution >= 0.6 is 0 Å². The average molecular weight is 243 g/mol. The van der Waals surface area contributed by atoms with Crippen LogP contribution in [0.3, 0.4) is 0 Å². The molecule has 16 heavy (non-hydrogen) atoms.